The lowest BCUT2D eigenvalue weighted by Gasteiger charge is -2.16. The third kappa shape index (κ3) is 3.93. The molecule has 3 aromatic rings. The summed E-state index contributed by atoms with van der Waals surface area (Å²) in [6, 6.07) is 12.0. The second-order valence-electron chi connectivity index (χ2n) is 5.34. The first-order valence-electron chi connectivity index (χ1n) is 7.48. The highest BCUT2D eigenvalue weighted by atomic mass is 32.1. The monoisotopic (exact) mass is 365 g/mol. The Kier molecular flexibility index (Phi) is 4.94. The molecule has 0 bridgehead atoms. The van der Waals surface area contributed by atoms with Crippen molar-refractivity contribution < 1.29 is 22.4 Å². The van der Waals surface area contributed by atoms with Crippen LogP contribution in [0.1, 0.15) is 32.5 Å². The van der Waals surface area contributed by atoms with E-state index in [-0.39, 0.29) is 18.0 Å². The van der Waals surface area contributed by atoms with Crippen LogP contribution in [0.2, 0.25) is 0 Å². The number of alkyl halides is 3. The number of carbonyl (C=O) groups is 1. The van der Waals surface area contributed by atoms with Gasteiger partial charge in [-0.2, -0.15) is 13.2 Å². The third-order valence-electron chi connectivity index (χ3n) is 3.72. The number of nitrogens with one attached hydrogen (secondary N) is 1. The summed E-state index contributed by atoms with van der Waals surface area (Å²) >= 11 is 1.49. The van der Waals surface area contributed by atoms with Crippen molar-refractivity contribution in [2.24, 2.45) is 0 Å². The Balaban J connectivity index is 1.80. The first kappa shape index (κ1) is 17.3. The Morgan fingerprint density at radius 3 is 2.56 bits per heavy atom. The van der Waals surface area contributed by atoms with Gasteiger partial charge in [-0.1, -0.05) is 18.2 Å². The molecule has 0 radical (unpaired) electrons. The second-order valence-corrected chi connectivity index (χ2v) is 6.32. The molecule has 2 aromatic heterocycles. The molecular weight excluding hydrogens is 351 g/mol. The summed E-state index contributed by atoms with van der Waals surface area (Å²) < 4.78 is 44.6. The van der Waals surface area contributed by atoms with Crippen molar-refractivity contribution in [2.45, 2.75) is 12.1 Å². The standard InChI is InChI=1S/C18H14F3NO2S/c19-18(20,21)14-6-2-1-5-12(14)17(23)22-11-13(15-7-3-9-24-15)16-8-4-10-25-16/h1-10,13H,11H2,(H,22,23)/t13-/m0/s1. The minimum Gasteiger partial charge on any atom is -0.469 e. The summed E-state index contributed by atoms with van der Waals surface area (Å²) in [5.41, 5.74) is -1.34. The van der Waals surface area contributed by atoms with Crippen LogP contribution in [-0.2, 0) is 6.18 Å². The van der Waals surface area contributed by atoms with Gasteiger partial charge in [0.2, 0.25) is 0 Å². The molecule has 1 amide bonds. The number of rotatable bonds is 5. The Bertz CT molecular complexity index is 792. The molecule has 0 aliphatic heterocycles. The van der Waals surface area contributed by atoms with Crippen LogP contribution in [0.3, 0.4) is 0 Å². The average molecular weight is 365 g/mol. The number of amides is 1. The molecule has 25 heavy (non-hydrogen) atoms. The van der Waals surface area contributed by atoms with Gasteiger partial charge < -0.3 is 9.73 Å². The van der Waals surface area contributed by atoms with Crippen LogP contribution in [0, 0.1) is 0 Å². The van der Waals surface area contributed by atoms with Crippen molar-refractivity contribution in [3.8, 4) is 0 Å². The summed E-state index contributed by atoms with van der Waals surface area (Å²) in [6.45, 7) is 0.138. The van der Waals surface area contributed by atoms with Crippen molar-refractivity contribution in [2.75, 3.05) is 6.54 Å². The number of hydrogen-bond acceptors (Lipinski definition) is 3. The maximum absolute atomic E-state index is 13.1. The molecular formula is C18H14F3NO2S. The van der Waals surface area contributed by atoms with Gasteiger partial charge in [0.05, 0.1) is 23.3 Å². The molecule has 0 unspecified atom stereocenters. The Morgan fingerprint density at radius 1 is 1.12 bits per heavy atom. The number of hydrogen-bond donors (Lipinski definition) is 1. The van der Waals surface area contributed by atoms with Crippen LogP contribution in [0.5, 0.6) is 0 Å². The molecule has 0 aliphatic carbocycles. The van der Waals surface area contributed by atoms with Gasteiger partial charge >= 0.3 is 6.18 Å². The number of thiophene rings is 1. The van der Waals surface area contributed by atoms with Crippen LogP contribution in [0.4, 0.5) is 13.2 Å². The van der Waals surface area contributed by atoms with Gasteiger partial charge in [-0.15, -0.1) is 11.3 Å². The van der Waals surface area contributed by atoms with E-state index >= 15 is 0 Å². The van der Waals surface area contributed by atoms with E-state index in [1.807, 2.05) is 17.5 Å². The fourth-order valence-electron chi connectivity index (χ4n) is 2.54. The van der Waals surface area contributed by atoms with E-state index < -0.39 is 17.6 Å². The van der Waals surface area contributed by atoms with Crippen molar-refractivity contribution in [3.63, 3.8) is 0 Å². The highest BCUT2D eigenvalue weighted by Crippen LogP contribution is 2.32. The molecule has 3 rings (SSSR count). The van der Waals surface area contributed by atoms with Gasteiger partial charge in [-0.25, -0.2) is 0 Å². The molecule has 7 heteroatoms. The van der Waals surface area contributed by atoms with E-state index in [2.05, 4.69) is 5.32 Å². The van der Waals surface area contributed by atoms with Crippen LogP contribution in [0.15, 0.2) is 64.6 Å². The normalized spacial score (nSPS) is 12.8. The lowest BCUT2D eigenvalue weighted by Crippen LogP contribution is -2.30. The summed E-state index contributed by atoms with van der Waals surface area (Å²) in [7, 11) is 0. The maximum atomic E-state index is 13.1. The Labute approximate surface area is 146 Å². The third-order valence-corrected chi connectivity index (χ3v) is 4.70. The van der Waals surface area contributed by atoms with Gasteiger partial charge in [-0.3, -0.25) is 4.79 Å². The van der Waals surface area contributed by atoms with E-state index in [0.717, 1.165) is 10.9 Å². The van der Waals surface area contributed by atoms with Crippen molar-refractivity contribution >= 4 is 17.2 Å². The second kappa shape index (κ2) is 7.14. The fraction of sp³-hybridized carbons (Fsp3) is 0.167. The summed E-state index contributed by atoms with van der Waals surface area (Å²) in [4.78, 5) is 13.3. The van der Waals surface area contributed by atoms with E-state index in [4.69, 9.17) is 4.42 Å². The predicted octanol–water partition coefficient (Wildman–Crippen LogP) is 4.92. The van der Waals surface area contributed by atoms with Gasteiger partial charge in [0.15, 0.2) is 0 Å². The zero-order valence-electron chi connectivity index (χ0n) is 12.9. The van der Waals surface area contributed by atoms with Crippen molar-refractivity contribution in [1.82, 2.24) is 5.32 Å². The Hall–Kier alpha value is -2.54. The van der Waals surface area contributed by atoms with Crippen LogP contribution in [0.25, 0.3) is 0 Å². The predicted molar refractivity (Wildman–Crippen MR) is 88.6 cm³/mol. The first-order chi connectivity index (χ1) is 12.0. The smallest absolute Gasteiger partial charge is 0.417 e. The molecule has 1 atom stereocenters. The zero-order valence-corrected chi connectivity index (χ0v) is 13.7. The molecule has 0 saturated carbocycles. The minimum absolute atomic E-state index is 0.138. The molecule has 130 valence electrons. The molecule has 0 saturated heterocycles. The number of benzene rings is 1. The highest BCUT2D eigenvalue weighted by molar-refractivity contribution is 7.10. The van der Waals surface area contributed by atoms with Gasteiger partial charge in [0.25, 0.3) is 5.91 Å². The lowest BCUT2D eigenvalue weighted by molar-refractivity contribution is -0.137. The number of carbonyl (C=O) groups excluding carboxylic acids is 1. The fourth-order valence-corrected chi connectivity index (χ4v) is 3.37. The van der Waals surface area contributed by atoms with Crippen LogP contribution in [-0.4, -0.2) is 12.5 Å². The molecule has 1 aromatic carbocycles. The SMILES string of the molecule is O=C(NC[C@@H](c1ccco1)c1cccs1)c1ccccc1C(F)(F)F. The molecule has 0 spiro atoms. The first-order valence-corrected chi connectivity index (χ1v) is 8.36. The lowest BCUT2D eigenvalue weighted by atomic mass is 10.0. The Morgan fingerprint density at radius 2 is 1.92 bits per heavy atom. The molecule has 3 nitrogen and oxygen atoms in total. The van der Waals surface area contributed by atoms with Crippen LogP contribution >= 0.6 is 11.3 Å². The van der Waals surface area contributed by atoms with Crippen LogP contribution < -0.4 is 5.32 Å². The van der Waals surface area contributed by atoms with Gasteiger partial charge in [0.1, 0.15) is 5.76 Å². The van der Waals surface area contributed by atoms with E-state index in [9.17, 15) is 18.0 Å². The topological polar surface area (TPSA) is 42.2 Å². The van der Waals surface area contributed by atoms with E-state index in [1.54, 1.807) is 12.1 Å². The molecule has 0 aliphatic rings. The van der Waals surface area contributed by atoms with Gasteiger partial charge in [-0.05, 0) is 35.7 Å². The molecule has 1 N–H and O–H groups in total. The summed E-state index contributed by atoms with van der Waals surface area (Å²) in [5.74, 6) is -0.370. The van der Waals surface area contributed by atoms with E-state index in [1.165, 1.54) is 35.8 Å². The summed E-state index contributed by atoms with van der Waals surface area (Å²) in [6.07, 6.45) is -3.06. The number of furan rings is 1. The zero-order chi connectivity index (χ0) is 17.9. The van der Waals surface area contributed by atoms with Crippen molar-refractivity contribution in [3.05, 3.63) is 81.9 Å². The largest absolute Gasteiger partial charge is 0.469 e. The molecule has 0 fully saturated rings. The maximum Gasteiger partial charge on any atom is 0.417 e. The quantitative estimate of drug-likeness (QED) is 0.697. The summed E-state index contributed by atoms with van der Waals surface area (Å²) in [5, 5.41) is 4.49. The van der Waals surface area contributed by atoms with E-state index in [0.29, 0.717) is 5.76 Å². The number of halogens is 3. The highest BCUT2D eigenvalue weighted by Gasteiger charge is 2.35. The average Bonchev–Trinajstić information content (AvgIpc) is 3.28. The molecule has 2 heterocycles. The van der Waals surface area contributed by atoms with Gasteiger partial charge in [0, 0.05) is 11.4 Å². The minimum atomic E-state index is -4.58. The van der Waals surface area contributed by atoms with Crippen molar-refractivity contribution in [1.29, 1.82) is 0 Å².